The molecule has 0 saturated heterocycles. The number of benzene rings is 1. The van der Waals surface area contributed by atoms with E-state index < -0.39 is 21.1 Å². The van der Waals surface area contributed by atoms with Gasteiger partial charge in [0, 0.05) is 0 Å². The first-order valence-electron chi connectivity index (χ1n) is 12.3. The molecule has 2 rings (SSSR count). The van der Waals surface area contributed by atoms with Crippen LogP contribution < -0.4 is 3.71 Å². The summed E-state index contributed by atoms with van der Waals surface area (Å²) in [4.78, 5) is 2.28. The Kier molecular flexibility index (Phi) is 11.2. The van der Waals surface area contributed by atoms with Crippen molar-refractivity contribution < 1.29 is 0 Å². The molecule has 0 aliphatic heterocycles. The molecule has 0 saturated carbocycles. The molecule has 168 valence electrons. The van der Waals surface area contributed by atoms with Crippen LogP contribution in [0.25, 0.3) is 10.9 Å². The Bertz CT molecular complexity index is 728. The Morgan fingerprint density at radius 2 is 1.53 bits per heavy atom. The molecule has 0 atom stereocenters. The molecule has 0 N–H and O–H groups in total. The van der Waals surface area contributed by atoms with Gasteiger partial charge in [0.2, 0.25) is 0 Å². The van der Waals surface area contributed by atoms with Crippen LogP contribution in [0.1, 0.15) is 90.5 Å². The average molecular weight is 518 g/mol. The first-order valence-corrected chi connectivity index (χ1v) is 15.2. The zero-order chi connectivity index (χ0) is 22.0. The molecular weight excluding hydrogens is 473 g/mol. The summed E-state index contributed by atoms with van der Waals surface area (Å²) in [6.45, 7) is 11.4. The van der Waals surface area contributed by atoms with E-state index in [1.807, 2.05) is 0 Å². The minimum absolute atomic E-state index is 0.589. The van der Waals surface area contributed by atoms with E-state index >= 15 is 0 Å². The summed E-state index contributed by atoms with van der Waals surface area (Å²) < 4.78 is 4.44. The van der Waals surface area contributed by atoms with E-state index in [9.17, 15) is 0 Å². The zero-order valence-corrected chi connectivity index (χ0v) is 23.4. The maximum absolute atomic E-state index is 5.31. The quantitative estimate of drug-likeness (QED) is 0.256. The van der Waals surface area contributed by atoms with Crippen LogP contribution in [-0.2, 0) is 6.54 Å². The standard InChI is InChI=1S/C13H18N3.C13H27.Sn/c1-11-5-6-12-10-14-16(13(12)9-11)8-4-7-15(2)3;1-4-7-10-13(11-8-5-2)12-9-6-3;/h5-6,9H,4,7-8H2,1-3H3;4-12H2,1-3H3;. The summed E-state index contributed by atoms with van der Waals surface area (Å²) >= 11 is -0.820. The fourth-order valence-corrected chi connectivity index (χ4v) is 9.94. The Morgan fingerprint density at radius 1 is 0.933 bits per heavy atom. The number of aromatic nitrogens is 2. The number of hydrogen-bond acceptors (Lipinski definition) is 2. The molecule has 0 amide bonds. The van der Waals surface area contributed by atoms with Crippen molar-refractivity contribution in [1.82, 2.24) is 14.7 Å². The van der Waals surface area contributed by atoms with Gasteiger partial charge in [-0.3, -0.25) is 0 Å². The van der Waals surface area contributed by atoms with Crippen molar-refractivity contribution in [3.63, 3.8) is 0 Å². The summed E-state index contributed by atoms with van der Waals surface area (Å²) in [5.41, 5.74) is 2.72. The van der Waals surface area contributed by atoms with Gasteiger partial charge >= 0.3 is 197 Å². The number of hydrogen-bond donors (Lipinski definition) is 0. The molecule has 2 radical (unpaired) electrons. The summed E-state index contributed by atoms with van der Waals surface area (Å²) in [6.07, 6.45) is 13.5. The predicted molar refractivity (Wildman–Crippen MR) is 134 cm³/mol. The van der Waals surface area contributed by atoms with E-state index in [1.165, 1.54) is 78.0 Å². The van der Waals surface area contributed by atoms with Crippen LogP contribution in [0.15, 0.2) is 18.2 Å². The van der Waals surface area contributed by atoms with Crippen molar-refractivity contribution in [3.05, 3.63) is 23.8 Å². The third-order valence-corrected chi connectivity index (χ3v) is 11.7. The summed E-state index contributed by atoms with van der Waals surface area (Å²) in [5, 5.41) is 6.77. The first kappa shape index (κ1) is 25.7. The SMILES string of the molecule is CCCC[C](CCCC)(CCCC)[Sn][c]1nn(CCCN(C)C)c2cc(C)ccc12. The van der Waals surface area contributed by atoms with E-state index in [0.29, 0.717) is 3.43 Å². The Balaban J connectivity index is 2.38. The van der Waals surface area contributed by atoms with Crippen molar-refractivity contribution in [3.8, 4) is 0 Å². The number of unbranched alkanes of at least 4 members (excludes halogenated alkanes) is 3. The van der Waals surface area contributed by atoms with Crippen molar-refractivity contribution in [1.29, 1.82) is 0 Å². The van der Waals surface area contributed by atoms with Crippen LogP contribution in [-0.4, -0.2) is 56.5 Å². The third-order valence-electron chi connectivity index (χ3n) is 6.29. The fourth-order valence-electron chi connectivity index (χ4n) is 4.44. The zero-order valence-electron chi connectivity index (χ0n) is 20.6. The van der Waals surface area contributed by atoms with Gasteiger partial charge < -0.3 is 0 Å². The molecule has 0 unspecified atom stereocenters. The molecule has 0 bridgehead atoms. The molecule has 3 nitrogen and oxygen atoms in total. The number of aryl methyl sites for hydroxylation is 2. The molecule has 0 aliphatic rings. The van der Waals surface area contributed by atoms with Crippen LogP contribution in [0, 0.1) is 6.92 Å². The number of rotatable bonds is 15. The molecule has 30 heavy (non-hydrogen) atoms. The van der Waals surface area contributed by atoms with Gasteiger partial charge in [0.1, 0.15) is 0 Å². The van der Waals surface area contributed by atoms with Crippen LogP contribution in [0.3, 0.4) is 0 Å². The summed E-state index contributed by atoms with van der Waals surface area (Å²) in [7, 11) is 4.32. The molecular formula is C26H45N3Sn. The number of fused-ring (bicyclic) bond motifs is 1. The Labute approximate surface area is 196 Å². The second kappa shape index (κ2) is 13.1. The van der Waals surface area contributed by atoms with Crippen molar-refractivity contribution in [2.24, 2.45) is 0 Å². The van der Waals surface area contributed by atoms with Gasteiger partial charge in [-0.2, -0.15) is 0 Å². The van der Waals surface area contributed by atoms with Gasteiger partial charge in [-0.15, -0.1) is 0 Å². The fraction of sp³-hybridized carbons (Fsp3) is 0.731. The Hall–Kier alpha value is -0.551. The van der Waals surface area contributed by atoms with Crippen LogP contribution in [0.5, 0.6) is 0 Å². The normalized spacial score (nSPS) is 12.4. The number of nitrogens with zero attached hydrogens (tertiary/aromatic N) is 3. The van der Waals surface area contributed by atoms with Crippen LogP contribution in [0.2, 0.25) is 3.43 Å². The minimum atomic E-state index is -0.820. The monoisotopic (exact) mass is 519 g/mol. The molecule has 0 aliphatic carbocycles. The summed E-state index contributed by atoms with van der Waals surface area (Å²) in [5.74, 6) is 0. The average Bonchev–Trinajstić information content (AvgIpc) is 3.05. The van der Waals surface area contributed by atoms with Gasteiger partial charge in [-0.1, -0.05) is 0 Å². The van der Waals surface area contributed by atoms with Gasteiger partial charge in [0.15, 0.2) is 0 Å². The van der Waals surface area contributed by atoms with E-state index in [-0.39, 0.29) is 0 Å². The van der Waals surface area contributed by atoms with Crippen LogP contribution >= 0.6 is 0 Å². The van der Waals surface area contributed by atoms with Crippen molar-refractivity contribution >= 4 is 35.8 Å². The molecule has 0 fully saturated rings. The van der Waals surface area contributed by atoms with Crippen LogP contribution in [0.4, 0.5) is 0 Å². The van der Waals surface area contributed by atoms with E-state index in [4.69, 9.17) is 5.10 Å². The van der Waals surface area contributed by atoms with E-state index in [2.05, 4.69) is 69.6 Å². The van der Waals surface area contributed by atoms with Gasteiger partial charge in [0.05, 0.1) is 0 Å². The molecule has 2 aromatic rings. The van der Waals surface area contributed by atoms with Gasteiger partial charge in [-0.25, -0.2) is 0 Å². The molecule has 4 heteroatoms. The molecule has 1 aromatic carbocycles. The third kappa shape index (κ3) is 7.54. The predicted octanol–water partition coefficient (Wildman–Crippen LogP) is 6.36. The molecule has 1 heterocycles. The summed E-state index contributed by atoms with van der Waals surface area (Å²) in [6, 6.07) is 7.04. The second-order valence-electron chi connectivity index (χ2n) is 9.47. The van der Waals surface area contributed by atoms with Gasteiger partial charge in [-0.05, 0) is 0 Å². The van der Waals surface area contributed by atoms with E-state index in [1.54, 1.807) is 0 Å². The Morgan fingerprint density at radius 3 is 2.07 bits per heavy atom. The second-order valence-corrected chi connectivity index (χ2v) is 14.6. The van der Waals surface area contributed by atoms with E-state index in [0.717, 1.165) is 19.5 Å². The maximum atomic E-state index is 5.31. The van der Waals surface area contributed by atoms with Gasteiger partial charge in [0.25, 0.3) is 0 Å². The van der Waals surface area contributed by atoms with Crippen molar-refractivity contribution in [2.75, 3.05) is 20.6 Å². The molecule has 1 aromatic heterocycles. The van der Waals surface area contributed by atoms with Crippen molar-refractivity contribution in [2.45, 2.75) is 102 Å². The first-order chi connectivity index (χ1) is 14.4. The topological polar surface area (TPSA) is 21.1 Å². The molecule has 0 spiro atoms.